The van der Waals surface area contributed by atoms with Gasteiger partial charge in [-0.1, -0.05) is 141 Å². The highest BCUT2D eigenvalue weighted by molar-refractivity contribution is 7.20. The molecule has 0 aliphatic heterocycles. The van der Waals surface area contributed by atoms with Crippen molar-refractivity contribution < 1.29 is 0 Å². The topological polar surface area (TPSA) is 8.17 Å². The van der Waals surface area contributed by atoms with Crippen LogP contribution in [-0.2, 0) is 11.8 Å². The second-order valence-electron chi connectivity index (χ2n) is 16.8. The summed E-state index contributed by atoms with van der Waals surface area (Å²) in [6.07, 6.45) is 6.91. The summed E-state index contributed by atoms with van der Waals surface area (Å²) in [5.74, 6) is 0. The number of aromatic nitrogens is 1. The molecule has 2 nitrogen and oxygen atoms in total. The van der Waals surface area contributed by atoms with Gasteiger partial charge in [-0.25, -0.2) is 0 Å². The van der Waals surface area contributed by atoms with E-state index in [-0.39, 0.29) is 5.41 Å². The number of anilines is 3. The third-order valence-electron chi connectivity index (χ3n) is 13.1. The van der Waals surface area contributed by atoms with Crippen molar-refractivity contribution in [2.75, 3.05) is 4.90 Å². The number of thiophene rings is 1. The molecule has 0 bridgehead atoms. The zero-order valence-corrected chi connectivity index (χ0v) is 34.5. The number of aryl methyl sites for hydroxylation is 1. The molecule has 60 heavy (non-hydrogen) atoms. The first kappa shape index (κ1) is 35.0. The van der Waals surface area contributed by atoms with Crippen LogP contribution in [0.2, 0.25) is 0 Å². The van der Waals surface area contributed by atoms with E-state index in [1.165, 1.54) is 92.5 Å². The van der Waals surface area contributed by atoms with Crippen molar-refractivity contribution in [3.63, 3.8) is 0 Å². The monoisotopic (exact) mass is 786 g/mol. The minimum Gasteiger partial charge on any atom is -0.310 e. The average Bonchev–Trinajstić information content (AvgIpc) is 3.92. The number of nitrogens with zero attached hydrogens (tertiary/aromatic N) is 2. The molecule has 3 heteroatoms. The van der Waals surface area contributed by atoms with Gasteiger partial charge in [0.05, 0.1) is 11.0 Å². The zero-order valence-electron chi connectivity index (χ0n) is 33.7. The summed E-state index contributed by atoms with van der Waals surface area (Å²) in [5.41, 5.74) is 18.7. The summed E-state index contributed by atoms with van der Waals surface area (Å²) in [6.45, 7) is 4.73. The maximum Gasteiger partial charge on any atom is 0.0541 e. The van der Waals surface area contributed by atoms with Gasteiger partial charge in [0.15, 0.2) is 0 Å². The second-order valence-corrected chi connectivity index (χ2v) is 17.9. The van der Waals surface area contributed by atoms with Crippen molar-refractivity contribution in [3.05, 3.63) is 210 Å². The Morgan fingerprint density at radius 3 is 1.98 bits per heavy atom. The molecule has 0 atom stereocenters. The van der Waals surface area contributed by atoms with E-state index in [2.05, 4.69) is 217 Å². The summed E-state index contributed by atoms with van der Waals surface area (Å²) in [6, 6.07) is 67.5. The normalized spacial score (nSPS) is 13.8. The van der Waals surface area contributed by atoms with Gasteiger partial charge in [-0.3, -0.25) is 0 Å². The number of para-hydroxylation sites is 2. The fourth-order valence-corrected chi connectivity index (χ4v) is 11.4. The minimum absolute atomic E-state index is 0.0999. The van der Waals surface area contributed by atoms with E-state index in [0.717, 1.165) is 29.9 Å². The molecule has 0 unspecified atom stereocenters. The van der Waals surface area contributed by atoms with Crippen LogP contribution >= 0.6 is 11.3 Å². The lowest BCUT2D eigenvalue weighted by Crippen LogP contribution is -2.16. The van der Waals surface area contributed by atoms with Crippen molar-refractivity contribution in [3.8, 4) is 39.1 Å². The summed E-state index contributed by atoms with van der Waals surface area (Å²) in [5, 5.41) is 3.89. The zero-order chi connectivity index (χ0) is 40.0. The van der Waals surface area contributed by atoms with E-state index in [4.69, 9.17) is 0 Å². The summed E-state index contributed by atoms with van der Waals surface area (Å²) >= 11 is 1.97. The van der Waals surface area contributed by atoms with Crippen molar-refractivity contribution in [1.29, 1.82) is 0 Å². The first-order chi connectivity index (χ1) is 29.5. The molecule has 0 spiro atoms. The molecule has 2 aromatic heterocycles. The van der Waals surface area contributed by atoms with Crippen LogP contribution in [0, 0.1) is 0 Å². The van der Waals surface area contributed by atoms with E-state index in [1.54, 1.807) is 0 Å². The predicted octanol–water partition coefficient (Wildman–Crippen LogP) is 16.1. The van der Waals surface area contributed by atoms with Crippen LogP contribution in [0.15, 0.2) is 188 Å². The number of rotatable bonds is 6. The molecular weight excluding hydrogens is 745 g/mol. The third-order valence-corrected chi connectivity index (χ3v) is 14.4. The van der Waals surface area contributed by atoms with Crippen LogP contribution in [0.4, 0.5) is 17.1 Å². The van der Waals surface area contributed by atoms with Crippen LogP contribution in [0.1, 0.15) is 41.8 Å². The van der Waals surface area contributed by atoms with Gasteiger partial charge in [0.1, 0.15) is 0 Å². The van der Waals surface area contributed by atoms with Crippen LogP contribution in [0.25, 0.3) is 77.0 Å². The molecule has 12 rings (SSSR count). The van der Waals surface area contributed by atoms with E-state index in [0.29, 0.717) is 0 Å². The molecular formula is C57H42N2S. The lowest BCUT2D eigenvalue weighted by Gasteiger charge is -2.28. The van der Waals surface area contributed by atoms with Crippen molar-refractivity contribution >= 4 is 66.4 Å². The first-order valence-electron chi connectivity index (χ1n) is 21.1. The maximum atomic E-state index is 2.43. The Bertz CT molecular complexity index is 3330. The Labute approximate surface area is 354 Å². The minimum atomic E-state index is -0.0999. The smallest absolute Gasteiger partial charge is 0.0541 e. The molecule has 2 aliphatic rings. The Kier molecular flexibility index (Phi) is 7.92. The molecule has 0 radical (unpaired) electrons. The van der Waals surface area contributed by atoms with Gasteiger partial charge < -0.3 is 9.47 Å². The third kappa shape index (κ3) is 5.39. The molecule has 8 aromatic carbocycles. The molecule has 0 fully saturated rings. The molecule has 0 N–H and O–H groups in total. The van der Waals surface area contributed by atoms with Gasteiger partial charge in [0.25, 0.3) is 0 Å². The van der Waals surface area contributed by atoms with Gasteiger partial charge >= 0.3 is 0 Å². The fourth-order valence-electron chi connectivity index (χ4n) is 10.1. The molecule has 0 amide bonds. The van der Waals surface area contributed by atoms with Crippen LogP contribution in [-0.4, -0.2) is 4.57 Å². The van der Waals surface area contributed by atoms with Crippen molar-refractivity contribution in [2.24, 2.45) is 0 Å². The highest BCUT2D eigenvalue weighted by Crippen LogP contribution is 2.51. The summed E-state index contributed by atoms with van der Waals surface area (Å²) < 4.78 is 3.76. The van der Waals surface area contributed by atoms with Crippen LogP contribution in [0.5, 0.6) is 0 Å². The molecule has 2 heterocycles. The number of benzene rings is 8. The van der Waals surface area contributed by atoms with E-state index < -0.39 is 0 Å². The van der Waals surface area contributed by atoms with Gasteiger partial charge in [-0.2, -0.15) is 0 Å². The average molecular weight is 787 g/mol. The summed E-state index contributed by atoms with van der Waals surface area (Å²) in [4.78, 5) is 3.94. The first-order valence-corrected chi connectivity index (χ1v) is 21.9. The Hall–Kier alpha value is -6.94. The highest BCUT2D eigenvalue weighted by atomic mass is 32.1. The molecule has 0 saturated heterocycles. The molecule has 10 aromatic rings. The van der Waals surface area contributed by atoms with Crippen molar-refractivity contribution in [2.45, 2.75) is 32.1 Å². The Balaban J connectivity index is 0.959. The van der Waals surface area contributed by atoms with Gasteiger partial charge in [-0.15, -0.1) is 11.3 Å². The largest absolute Gasteiger partial charge is 0.310 e. The number of hydrogen-bond acceptors (Lipinski definition) is 2. The van der Waals surface area contributed by atoms with Crippen LogP contribution < -0.4 is 4.90 Å². The van der Waals surface area contributed by atoms with Gasteiger partial charge in [0.2, 0.25) is 0 Å². The van der Waals surface area contributed by atoms with E-state index in [1.807, 2.05) is 11.3 Å². The molecule has 286 valence electrons. The van der Waals surface area contributed by atoms with Gasteiger partial charge in [-0.05, 0) is 130 Å². The highest BCUT2D eigenvalue weighted by Gasteiger charge is 2.35. The Morgan fingerprint density at radius 2 is 1.15 bits per heavy atom. The number of hydrogen-bond donors (Lipinski definition) is 0. The molecule has 2 aliphatic carbocycles. The van der Waals surface area contributed by atoms with E-state index in [9.17, 15) is 0 Å². The number of allylic oxidation sites excluding steroid dienone is 1. The second kappa shape index (κ2) is 13.6. The SMILES string of the molecule is CC1(C)c2ccccc2-c2ccc(N(c3ccc(-c4ccc5c(c4)c4ccccc4n5-c4ccccc4)cc3)c3ccc(-c4cccc5c6c(sc45)CCC=C6)cc3)cc21. The lowest BCUT2D eigenvalue weighted by molar-refractivity contribution is 0.660. The lowest BCUT2D eigenvalue weighted by atomic mass is 9.82. The summed E-state index contributed by atoms with van der Waals surface area (Å²) in [7, 11) is 0. The van der Waals surface area contributed by atoms with Crippen LogP contribution in [0.3, 0.4) is 0 Å². The molecule has 0 saturated carbocycles. The standard InChI is InChI=1S/C57H42N2S/c1-57(2)51-20-9-6-15-45(51)46-33-32-43(36-52(46)57)58(42-30-25-38(26-31-42)44-18-12-19-49-48-17-8-11-22-55(48)60-56(44)49)41-28-23-37(24-29-41)39-27-34-54-50(35-39)47-16-7-10-21-53(47)59(54)40-13-4-3-5-14-40/h3-10,12-21,23-36H,11,22H2,1-2H3. The fraction of sp³-hybridized carbons (Fsp3) is 0.0877. The van der Waals surface area contributed by atoms with Crippen molar-refractivity contribution in [1.82, 2.24) is 4.57 Å². The van der Waals surface area contributed by atoms with Gasteiger partial charge in [0, 0.05) is 53.9 Å². The maximum absolute atomic E-state index is 2.43. The quantitative estimate of drug-likeness (QED) is 0.163. The number of fused-ring (bicyclic) bond motifs is 9. The predicted molar refractivity (Wildman–Crippen MR) is 257 cm³/mol. The Morgan fingerprint density at radius 1 is 0.500 bits per heavy atom. The van der Waals surface area contributed by atoms with E-state index >= 15 is 0 Å².